The molecule has 1 aromatic heterocycles. The van der Waals surface area contributed by atoms with E-state index in [1.54, 1.807) is 14.2 Å². The van der Waals surface area contributed by atoms with Gasteiger partial charge in [0.15, 0.2) is 12.7 Å². The van der Waals surface area contributed by atoms with Crippen LogP contribution in [0.25, 0.3) is 11.3 Å². The largest absolute Gasteiger partial charge is 0.495 e. The molecule has 3 aromatic rings. The van der Waals surface area contributed by atoms with Crippen LogP contribution in [0.1, 0.15) is 23.3 Å². The maximum Gasteiger partial charge on any atom is 0.279 e. The van der Waals surface area contributed by atoms with Gasteiger partial charge in [0.2, 0.25) is 5.89 Å². The van der Waals surface area contributed by atoms with E-state index < -0.39 is 6.10 Å². The fourth-order valence-electron chi connectivity index (χ4n) is 4.23. The number of carbonyl (C=O) groups is 1. The first-order chi connectivity index (χ1) is 18.4. The molecule has 0 saturated carbocycles. The second-order valence-corrected chi connectivity index (χ2v) is 9.42. The summed E-state index contributed by atoms with van der Waals surface area (Å²) in [7, 11) is 6.20. The molecule has 0 aliphatic carbocycles. The summed E-state index contributed by atoms with van der Waals surface area (Å²) in [6.45, 7) is 4.87. The molecule has 4 rings (SSSR count). The lowest BCUT2D eigenvalue weighted by molar-refractivity contribution is -0.195. The highest BCUT2D eigenvalue weighted by atomic mass is 79.9. The van der Waals surface area contributed by atoms with Gasteiger partial charge in [-0.2, -0.15) is 0 Å². The van der Waals surface area contributed by atoms with E-state index in [4.69, 9.17) is 28.2 Å². The van der Waals surface area contributed by atoms with Gasteiger partial charge in [-0.25, -0.2) is 10.0 Å². The van der Waals surface area contributed by atoms with Gasteiger partial charge in [-0.05, 0) is 52.7 Å². The summed E-state index contributed by atoms with van der Waals surface area (Å²) < 4.78 is 28.3. The van der Waals surface area contributed by atoms with Crippen molar-refractivity contribution in [3.05, 3.63) is 58.1 Å². The average Bonchev–Trinajstić information content (AvgIpc) is 3.33. The first-order valence-electron chi connectivity index (χ1n) is 12.1. The molecule has 0 spiro atoms. The second kappa shape index (κ2) is 12.6. The number of halogens is 1. The summed E-state index contributed by atoms with van der Waals surface area (Å²) in [6.07, 6.45) is -0.816. The summed E-state index contributed by atoms with van der Waals surface area (Å²) in [4.78, 5) is 25.6. The summed E-state index contributed by atoms with van der Waals surface area (Å²) in [5.74, 6) is 1.78. The van der Waals surface area contributed by atoms with Gasteiger partial charge < -0.3 is 28.3 Å². The van der Waals surface area contributed by atoms with Gasteiger partial charge in [0.25, 0.3) is 5.91 Å². The van der Waals surface area contributed by atoms with Crippen molar-refractivity contribution in [2.24, 2.45) is 0 Å². The van der Waals surface area contributed by atoms with Crippen LogP contribution in [0.2, 0.25) is 0 Å². The molecule has 204 valence electrons. The number of benzene rings is 2. The molecule has 11 heteroatoms. The Hall–Kier alpha value is -3.12. The highest BCUT2D eigenvalue weighted by Gasteiger charge is 2.26. The minimum absolute atomic E-state index is 0.0414. The molecule has 1 amide bonds. The highest BCUT2D eigenvalue weighted by Crippen LogP contribution is 2.39. The van der Waals surface area contributed by atoms with Crippen LogP contribution in [0.15, 0.2) is 45.3 Å². The van der Waals surface area contributed by atoms with Crippen molar-refractivity contribution in [3.63, 3.8) is 0 Å². The quantitative estimate of drug-likeness (QED) is 0.316. The van der Waals surface area contributed by atoms with Crippen LogP contribution in [0, 0.1) is 6.92 Å². The molecule has 1 aliphatic rings. The fourth-order valence-corrected chi connectivity index (χ4v) is 4.78. The fraction of sp³-hybridized carbons (Fsp3) is 0.407. The maximum absolute atomic E-state index is 13.1. The van der Waals surface area contributed by atoms with Crippen LogP contribution >= 0.6 is 15.9 Å². The van der Waals surface area contributed by atoms with Crippen molar-refractivity contribution in [2.45, 2.75) is 19.6 Å². The molecule has 38 heavy (non-hydrogen) atoms. The molecule has 0 bridgehead atoms. The van der Waals surface area contributed by atoms with E-state index in [2.05, 4.69) is 25.8 Å². The molecule has 0 N–H and O–H groups in total. The number of hydrogen-bond acceptors (Lipinski definition) is 9. The predicted molar refractivity (Wildman–Crippen MR) is 144 cm³/mol. The van der Waals surface area contributed by atoms with Crippen molar-refractivity contribution in [3.8, 4) is 22.8 Å². The summed E-state index contributed by atoms with van der Waals surface area (Å²) in [5.41, 5.74) is 3.20. The van der Waals surface area contributed by atoms with E-state index >= 15 is 0 Å². The van der Waals surface area contributed by atoms with Gasteiger partial charge in [-0.3, -0.25) is 9.63 Å². The molecule has 1 saturated heterocycles. The number of ether oxygens (including phenoxy) is 4. The zero-order valence-corrected chi connectivity index (χ0v) is 23.7. The predicted octanol–water partition coefficient (Wildman–Crippen LogP) is 4.54. The number of nitrogens with zero attached hydrogens (tertiary/aromatic N) is 3. The number of morpholine rings is 1. The normalized spacial score (nSPS) is 14.3. The third-order valence-electron chi connectivity index (χ3n) is 6.28. The number of carbonyl (C=O) groups excluding carboxylic acids is 1. The van der Waals surface area contributed by atoms with Crippen LogP contribution in [0.4, 0.5) is 5.69 Å². The Morgan fingerprint density at radius 3 is 2.32 bits per heavy atom. The lowest BCUT2D eigenvalue weighted by Gasteiger charge is -2.29. The molecule has 1 aliphatic heterocycles. The van der Waals surface area contributed by atoms with Crippen molar-refractivity contribution in [2.75, 3.05) is 59.6 Å². The number of methoxy groups -OCH3 is 3. The third kappa shape index (κ3) is 6.12. The van der Waals surface area contributed by atoms with Crippen LogP contribution in [-0.2, 0) is 25.7 Å². The van der Waals surface area contributed by atoms with E-state index in [1.807, 2.05) is 43.3 Å². The van der Waals surface area contributed by atoms with E-state index in [-0.39, 0.29) is 12.5 Å². The number of rotatable bonds is 10. The van der Waals surface area contributed by atoms with Crippen molar-refractivity contribution in [1.82, 2.24) is 10.0 Å². The van der Waals surface area contributed by atoms with E-state index in [0.29, 0.717) is 46.5 Å². The van der Waals surface area contributed by atoms with Gasteiger partial charge in [0.1, 0.15) is 27.4 Å². The third-order valence-corrected chi connectivity index (χ3v) is 7.07. The smallest absolute Gasteiger partial charge is 0.279 e. The Labute approximate surface area is 230 Å². The molecule has 10 nitrogen and oxygen atoms in total. The first kappa shape index (κ1) is 27.9. The Morgan fingerprint density at radius 1 is 1.11 bits per heavy atom. The molecule has 1 fully saturated rings. The average molecular weight is 590 g/mol. The minimum atomic E-state index is -0.816. The van der Waals surface area contributed by atoms with Gasteiger partial charge in [0, 0.05) is 38.5 Å². The lowest BCUT2D eigenvalue weighted by atomic mass is 10.1. The molecular formula is C27H32BrN3O7. The molecule has 2 heterocycles. The number of hydroxylamine groups is 2. The van der Waals surface area contributed by atoms with Crippen LogP contribution in [-0.4, -0.2) is 70.6 Å². The summed E-state index contributed by atoms with van der Waals surface area (Å²) in [5, 5.41) is 1.15. The summed E-state index contributed by atoms with van der Waals surface area (Å²) >= 11 is 3.47. The minimum Gasteiger partial charge on any atom is -0.495 e. The number of oxazole rings is 1. The number of aromatic nitrogens is 1. The number of hydrogen-bond donors (Lipinski definition) is 0. The zero-order chi connectivity index (χ0) is 27.2. The van der Waals surface area contributed by atoms with E-state index in [0.717, 1.165) is 35.0 Å². The zero-order valence-electron chi connectivity index (χ0n) is 22.2. The topological polar surface area (TPSA) is 95.7 Å². The SMILES string of the molecule is COc1cc(-c2nc(CON(C)C(=O)C(OC)c3ccc(N4CCOCC4)cc3)oc2C)cc(OC)c1Br. The van der Waals surface area contributed by atoms with Crippen molar-refractivity contribution >= 4 is 27.5 Å². The summed E-state index contributed by atoms with van der Waals surface area (Å²) in [6, 6.07) is 11.5. The standard InChI is InChI=1S/C27H32BrN3O7/c1-17-25(19-14-21(33-3)24(28)22(15-19)34-4)29-23(38-17)16-37-30(2)27(32)26(35-5)18-6-8-20(9-7-18)31-10-12-36-13-11-31/h6-9,14-15,26H,10-13,16H2,1-5H3. The molecule has 1 atom stereocenters. The van der Waals surface area contributed by atoms with E-state index in [9.17, 15) is 4.79 Å². The Bertz CT molecular complexity index is 1220. The monoisotopic (exact) mass is 589 g/mol. The molecule has 2 aromatic carbocycles. The number of anilines is 1. The van der Waals surface area contributed by atoms with Gasteiger partial charge in [0.05, 0.1) is 27.4 Å². The van der Waals surface area contributed by atoms with Crippen LogP contribution in [0.5, 0.6) is 11.5 Å². The Morgan fingerprint density at radius 2 is 1.74 bits per heavy atom. The molecule has 0 radical (unpaired) electrons. The van der Waals surface area contributed by atoms with Crippen molar-refractivity contribution < 1.29 is 33.0 Å². The maximum atomic E-state index is 13.1. The first-order valence-corrected chi connectivity index (χ1v) is 12.9. The highest BCUT2D eigenvalue weighted by molar-refractivity contribution is 9.10. The van der Waals surface area contributed by atoms with Crippen molar-refractivity contribution in [1.29, 1.82) is 0 Å². The number of amides is 1. The second-order valence-electron chi connectivity index (χ2n) is 8.62. The van der Waals surface area contributed by atoms with Gasteiger partial charge >= 0.3 is 0 Å². The molecular weight excluding hydrogens is 558 g/mol. The van der Waals surface area contributed by atoms with Crippen LogP contribution < -0.4 is 14.4 Å². The Balaban J connectivity index is 1.42. The number of aryl methyl sites for hydroxylation is 1. The molecule has 1 unspecified atom stereocenters. The van der Waals surface area contributed by atoms with Gasteiger partial charge in [-0.15, -0.1) is 0 Å². The van der Waals surface area contributed by atoms with Gasteiger partial charge in [-0.1, -0.05) is 12.1 Å². The van der Waals surface area contributed by atoms with Crippen LogP contribution in [0.3, 0.4) is 0 Å². The number of likely N-dealkylation sites (N-methyl/N-ethyl adjacent to an activating group) is 1. The Kier molecular flexibility index (Phi) is 9.26. The lowest BCUT2D eigenvalue weighted by Crippen LogP contribution is -2.36. The van der Waals surface area contributed by atoms with E-state index in [1.165, 1.54) is 14.2 Å².